The van der Waals surface area contributed by atoms with Crippen molar-refractivity contribution in [3.05, 3.63) is 23.8 Å². The molecule has 156 valence electrons. The minimum Gasteiger partial charge on any atom is -0.497 e. The summed E-state index contributed by atoms with van der Waals surface area (Å²) in [5.74, 6) is 1.24. The summed E-state index contributed by atoms with van der Waals surface area (Å²) in [5.41, 5.74) is 0.189. The molecule has 0 aromatic heterocycles. The van der Waals surface area contributed by atoms with E-state index in [9.17, 15) is 18.3 Å². The third kappa shape index (κ3) is 4.11. The molecule has 0 saturated carbocycles. The molecule has 8 nitrogen and oxygen atoms in total. The first-order valence-electron chi connectivity index (χ1n) is 9.26. The molecule has 0 aliphatic carbocycles. The molecule has 0 spiro atoms. The lowest BCUT2D eigenvalue weighted by Crippen LogP contribution is -2.53. The van der Waals surface area contributed by atoms with Gasteiger partial charge in [-0.15, -0.1) is 0 Å². The summed E-state index contributed by atoms with van der Waals surface area (Å²) < 4.78 is 35.8. The Labute approximate surface area is 166 Å². The number of likely N-dealkylation sites (tertiary alicyclic amines) is 1. The van der Waals surface area contributed by atoms with Gasteiger partial charge in [-0.2, -0.15) is 0 Å². The normalized spacial score (nSPS) is 25.4. The SMILES string of the molecule is COc1cc(CC(=O)N2CCC3CN(S(C)(=O)=O)CC3(CO)C2)cc(OC)c1. The van der Waals surface area contributed by atoms with E-state index in [2.05, 4.69) is 0 Å². The van der Waals surface area contributed by atoms with E-state index in [0.29, 0.717) is 37.6 Å². The van der Waals surface area contributed by atoms with Gasteiger partial charge in [0.15, 0.2) is 0 Å². The predicted octanol–water partition coefficient (Wildman–Crippen LogP) is 0.349. The Hall–Kier alpha value is -1.84. The standard InChI is InChI=1S/C19H28N2O6S/c1-26-16-6-14(7-17(9-16)27-2)8-18(23)20-5-4-15-10-21(28(3,24)25)12-19(15,11-20)13-22/h6-7,9,15,22H,4-5,8,10-13H2,1-3H3. The van der Waals surface area contributed by atoms with Crippen molar-refractivity contribution in [2.45, 2.75) is 12.8 Å². The van der Waals surface area contributed by atoms with Gasteiger partial charge in [-0.3, -0.25) is 4.79 Å². The first-order chi connectivity index (χ1) is 13.2. The van der Waals surface area contributed by atoms with Gasteiger partial charge in [0.2, 0.25) is 15.9 Å². The summed E-state index contributed by atoms with van der Waals surface area (Å²) in [5, 5.41) is 10.1. The highest BCUT2D eigenvalue weighted by atomic mass is 32.2. The molecule has 1 aromatic carbocycles. The van der Waals surface area contributed by atoms with Crippen molar-refractivity contribution in [3.63, 3.8) is 0 Å². The van der Waals surface area contributed by atoms with Crippen molar-refractivity contribution < 1.29 is 27.8 Å². The van der Waals surface area contributed by atoms with Gasteiger partial charge in [-0.1, -0.05) is 0 Å². The molecular weight excluding hydrogens is 384 g/mol. The smallest absolute Gasteiger partial charge is 0.227 e. The number of aliphatic hydroxyl groups is 1. The lowest BCUT2D eigenvalue weighted by molar-refractivity contribution is -0.135. The van der Waals surface area contributed by atoms with Crippen LogP contribution in [-0.2, 0) is 21.2 Å². The van der Waals surface area contributed by atoms with Crippen LogP contribution < -0.4 is 9.47 Å². The number of benzene rings is 1. The number of sulfonamides is 1. The number of amides is 1. The van der Waals surface area contributed by atoms with Crippen molar-refractivity contribution >= 4 is 15.9 Å². The number of hydrogen-bond acceptors (Lipinski definition) is 6. The van der Waals surface area contributed by atoms with E-state index in [-0.39, 0.29) is 31.4 Å². The maximum absolute atomic E-state index is 12.9. The summed E-state index contributed by atoms with van der Waals surface area (Å²) in [6, 6.07) is 5.35. The molecule has 2 aliphatic heterocycles. The monoisotopic (exact) mass is 412 g/mol. The van der Waals surface area contributed by atoms with Crippen molar-refractivity contribution in [1.29, 1.82) is 0 Å². The van der Waals surface area contributed by atoms with Crippen molar-refractivity contribution in [2.75, 3.05) is 53.3 Å². The summed E-state index contributed by atoms with van der Waals surface area (Å²) in [4.78, 5) is 14.7. The zero-order valence-corrected chi connectivity index (χ0v) is 17.4. The third-order valence-corrected chi connectivity index (χ3v) is 7.15. The van der Waals surface area contributed by atoms with E-state index in [4.69, 9.17) is 9.47 Å². The van der Waals surface area contributed by atoms with Gasteiger partial charge in [0.1, 0.15) is 11.5 Å². The molecule has 2 atom stereocenters. The highest BCUT2D eigenvalue weighted by Crippen LogP contribution is 2.42. The van der Waals surface area contributed by atoms with Crippen molar-refractivity contribution in [2.24, 2.45) is 11.3 Å². The third-order valence-electron chi connectivity index (χ3n) is 5.94. The zero-order chi connectivity index (χ0) is 20.5. The van der Waals surface area contributed by atoms with Gasteiger partial charge in [0.05, 0.1) is 33.5 Å². The molecule has 0 bridgehead atoms. The lowest BCUT2D eigenvalue weighted by atomic mass is 9.74. The molecular formula is C19H28N2O6S. The molecule has 9 heteroatoms. The maximum Gasteiger partial charge on any atom is 0.227 e. The van der Waals surface area contributed by atoms with Gasteiger partial charge in [-0.05, 0) is 30.0 Å². The zero-order valence-electron chi connectivity index (χ0n) is 16.6. The van der Waals surface area contributed by atoms with Crippen LogP contribution in [0, 0.1) is 11.3 Å². The Balaban J connectivity index is 1.74. The number of aliphatic hydroxyl groups excluding tert-OH is 1. The number of methoxy groups -OCH3 is 2. The Morgan fingerprint density at radius 1 is 1.21 bits per heavy atom. The minimum absolute atomic E-state index is 0.0561. The van der Waals surface area contributed by atoms with Gasteiger partial charge in [0.25, 0.3) is 0 Å². The largest absolute Gasteiger partial charge is 0.497 e. The Kier molecular flexibility index (Phi) is 5.88. The Bertz CT molecular complexity index is 821. The average molecular weight is 413 g/mol. The number of carbonyl (C=O) groups is 1. The molecule has 2 fully saturated rings. The summed E-state index contributed by atoms with van der Waals surface area (Å²) in [6.45, 7) is 1.45. The molecule has 3 rings (SSSR count). The first kappa shape index (κ1) is 20.9. The Morgan fingerprint density at radius 2 is 1.86 bits per heavy atom. The number of carbonyl (C=O) groups excluding carboxylic acids is 1. The topological polar surface area (TPSA) is 96.4 Å². The molecule has 2 heterocycles. The summed E-state index contributed by atoms with van der Waals surface area (Å²) in [6.07, 6.45) is 2.06. The van der Waals surface area contributed by atoms with Crippen LogP contribution >= 0.6 is 0 Å². The van der Waals surface area contributed by atoms with Crippen LogP contribution in [0.3, 0.4) is 0 Å². The van der Waals surface area contributed by atoms with Gasteiger partial charge < -0.3 is 19.5 Å². The predicted molar refractivity (Wildman–Crippen MR) is 104 cm³/mol. The molecule has 28 heavy (non-hydrogen) atoms. The number of nitrogens with zero attached hydrogens (tertiary/aromatic N) is 2. The van der Waals surface area contributed by atoms with Gasteiger partial charge in [-0.25, -0.2) is 12.7 Å². The summed E-state index contributed by atoms with van der Waals surface area (Å²) in [7, 11) is -0.201. The molecule has 1 aromatic rings. The van der Waals surface area contributed by atoms with Crippen LogP contribution in [0.15, 0.2) is 18.2 Å². The number of fused-ring (bicyclic) bond motifs is 1. The fraction of sp³-hybridized carbons (Fsp3) is 0.632. The summed E-state index contributed by atoms with van der Waals surface area (Å²) >= 11 is 0. The van der Waals surface area contributed by atoms with Crippen molar-refractivity contribution in [3.8, 4) is 11.5 Å². The van der Waals surface area contributed by atoms with Crippen LogP contribution in [0.25, 0.3) is 0 Å². The molecule has 0 radical (unpaired) electrons. The van der Waals surface area contributed by atoms with Crippen LogP contribution in [-0.4, -0.2) is 81.9 Å². The fourth-order valence-corrected chi connectivity index (χ4v) is 5.22. The highest BCUT2D eigenvalue weighted by Gasteiger charge is 2.52. The van der Waals surface area contributed by atoms with Crippen LogP contribution in [0.2, 0.25) is 0 Å². The minimum atomic E-state index is -3.32. The molecule has 2 unspecified atom stereocenters. The molecule has 1 amide bonds. The van der Waals surface area contributed by atoms with Gasteiger partial charge >= 0.3 is 0 Å². The average Bonchev–Trinajstić information content (AvgIpc) is 3.07. The maximum atomic E-state index is 12.9. The van der Waals surface area contributed by atoms with Gasteiger partial charge in [0, 0.05) is 37.7 Å². The highest BCUT2D eigenvalue weighted by molar-refractivity contribution is 7.88. The molecule has 1 N–H and O–H groups in total. The number of hydrogen-bond donors (Lipinski definition) is 1. The molecule has 2 saturated heterocycles. The number of ether oxygens (including phenoxy) is 2. The fourth-order valence-electron chi connectivity index (χ4n) is 4.28. The number of rotatable bonds is 6. The van der Waals surface area contributed by atoms with Crippen LogP contribution in [0.1, 0.15) is 12.0 Å². The Morgan fingerprint density at radius 3 is 2.39 bits per heavy atom. The van der Waals surface area contributed by atoms with E-state index in [1.54, 1.807) is 37.3 Å². The lowest BCUT2D eigenvalue weighted by Gasteiger charge is -2.43. The first-order valence-corrected chi connectivity index (χ1v) is 11.1. The molecule has 2 aliphatic rings. The second-order valence-electron chi connectivity index (χ2n) is 7.77. The van der Waals surface area contributed by atoms with E-state index >= 15 is 0 Å². The van der Waals surface area contributed by atoms with Crippen LogP contribution in [0.5, 0.6) is 11.5 Å². The van der Waals surface area contributed by atoms with E-state index in [1.165, 1.54) is 10.6 Å². The van der Waals surface area contributed by atoms with E-state index in [0.717, 1.165) is 5.56 Å². The van der Waals surface area contributed by atoms with Crippen molar-refractivity contribution in [1.82, 2.24) is 9.21 Å². The second kappa shape index (κ2) is 7.88. The van der Waals surface area contributed by atoms with E-state index in [1.807, 2.05) is 0 Å². The van der Waals surface area contributed by atoms with Crippen LogP contribution in [0.4, 0.5) is 0 Å². The number of piperidine rings is 1. The van der Waals surface area contributed by atoms with E-state index < -0.39 is 15.4 Å². The second-order valence-corrected chi connectivity index (χ2v) is 9.76. The quantitative estimate of drug-likeness (QED) is 0.724.